The average molecular weight is 293 g/mol. The van der Waals surface area contributed by atoms with Crippen molar-refractivity contribution in [3.05, 3.63) is 29.8 Å². The highest BCUT2D eigenvalue weighted by Gasteiger charge is 2.24. The van der Waals surface area contributed by atoms with Crippen LogP contribution in [0.5, 0.6) is 5.75 Å². The summed E-state index contributed by atoms with van der Waals surface area (Å²) in [6.45, 7) is 4.46. The van der Waals surface area contributed by atoms with Gasteiger partial charge < -0.3 is 19.1 Å². The molecule has 1 aliphatic heterocycles. The molecular formula is C16H23NO4. The zero-order valence-corrected chi connectivity index (χ0v) is 12.7. The van der Waals surface area contributed by atoms with Gasteiger partial charge in [0.05, 0.1) is 19.8 Å². The summed E-state index contributed by atoms with van der Waals surface area (Å²) >= 11 is 0. The first-order chi connectivity index (χ1) is 10.2. The summed E-state index contributed by atoms with van der Waals surface area (Å²) in [4.78, 5) is 13.8. The van der Waals surface area contributed by atoms with Crippen molar-refractivity contribution in [2.75, 3.05) is 40.0 Å². The Balaban J connectivity index is 1.86. The SMILES string of the molecule is CCOCC(=O)N1CCOC(Cc2ccc(OC)cc2)C1. The van der Waals surface area contributed by atoms with Crippen LogP contribution in [0.15, 0.2) is 24.3 Å². The molecule has 0 radical (unpaired) electrons. The van der Waals surface area contributed by atoms with E-state index in [2.05, 4.69) is 0 Å². The second-order valence-corrected chi connectivity index (χ2v) is 5.02. The second-order valence-electron chi connectivity index (χ2n) is 5.02. The summed E-state index contributed by atoms with van der Waals surface area (Å²) in [5.41, 5.74) is 1.18. The van der Waals surface area contributed by atoms with Gasteiger partial charge in [0.2, 0.25) is 5.91 Å². The molecule has 1 amide bonds. The molecule has 1 aliphatic rings. The molecule has 5 nitrogen and oxygen atoms in total. The number of amides is 1. The quantitative estimate of drug-likeness (QED) is 0.797. The Morgan fingerprint density at radius 3 is 2.81 bits per heavy atom. The Bertz CT molecular complexity index is 446. The van der Waals surface area contributed by atoms with Gasteiger partial charge in [0.15, 0.2) is 0 Å². The van der Waals surface area contributed by atoms with E-state index in [0.29, 0.717) is 26.3 Å². The minimum absolute atomic E-state index is 0.0396. The minimum atomic E-state index is 0.0396. The van der Waals surface area contributed by atoms with Crippen molar-refractivity contribution < 1.29 is 19.0 Å². The van der Waals surface area contributed by atoms with Crippen LogP contribution in [-0.4, -0.2) is 56.9 Å². The summed E-state index contributed by atoms with van der Waals surface area (Å²) in [6, 6.07) is 7.94. The molecule has 1 heterocycles. The maximum atomic E-state index is 12.0. The van der Waals surface area contributed by atoms with Crippen molar-refractivity contribution in [3.8, 4) is 5.75 Å². The third-order valence-corrected chi connectivity index (χ3v) is 3.54. The lowest BCUT2D eigenvalue weighted by molar-refractivity contribution is -0.143. The highest BCUT2D eigenvalue weighted by Crippen LogP contribution is 2.16. The van der Waals surface area contributed by atoms with E-state index >= 15 is 0 Å². The molecule has 0 saturated carbocycles. The molecule has 0 spiro atoms. The van der Waals surface area contributed by atoms with Gasteiger partial charge in [-0.25, -0.2) is 0 Å². The van der Waals surface area contributed by atoms with Crippen molar-refractivity contribution in [2.45, 2.75) is 19.4 Å². The molecular weight excluding hydrogens is 270 g/mol. The number of hydrogen-bond acceptors (Lipinski definition) is 4. The maximum absolute atomic E-state index is 12.0. The van der Waals surface area contributed by atoms with Crippen molar-refractivity contribution in [3.63, 3.8) is 0 Å². The fourth-order valence-electron chi connectivity index (χ4n) is 2.37. The van der Waals surface area contributed by atoms with E-state index in [4.69, 9.17) is 14.2 Å². The standard InChI is InChI=1S/C16H23NO4/c1-3-20-12-16(18)17-8-9-21-15(11-17)10-13-4-6-14(19-2)7-5-13/h4-7,15H,3,8-12H2,1-2H3. The zero-order chi connectivity index (χ0) is 15.1. The summed E-state index contributed by atoms with van der Waals surface area (Å²) in [7, 11) is 1.65. The summed E-state index contributed by atoms with van der Waals surface area (Å²) in [5.74, 6) is 0.886. The van der Waals surface area contributed by atoms with Crippen molar-refractivity contribution >= 4 is 5.91 Å². The molecule has 1 unspecified atom stereocenters. The van der Waals surface area contributed by atoms with Crippen molar-refractivity contribution in [1.82, 2.24) is 4.90 Å². The van der Waals surface area contributed by atoms with Crippen molar-refractivity contribution in [1.29, 1.82) is 0 Å². The molecule has 1 aromatic carbocycles. The van der Waals surface area contributed by atoms with Gasteiger partial charge in [-0.15, -0.1) is 0 Å². The molecule has 0 aliphatic carbocycles. The molecule has 0 N–H and O–H groups in total. The predicted octanol–water partition coefficient (Wildman–Crippen LogP) is 1.50. The van der Waals surface area contributed by atoms with Crippen LogP contribution in [-0.2, 0) is 20.7 Å². The van der Waals surface area contributed by atoms with Crippen LogP contribution in [0, 0.1) is 0 Å². The molecule has 21 heavy (non-hydrogen) atoms. The Labute approximate surface area is 125 Å². The first-order valence-corrected chi connectivity index (χ1v) is 7.33. The van der Waals surface area contributed by atoms with Gasteiger partial charge in [0, 0.05) is 26.1 Å². The van der Waals surface area contributed by atoms with Crippen LogP contribution in [0.4, 0.5) is 0 Å². The lowest BCUT2D eigenvalue weighted by atomic mass is 10.1. The highest BCUT2D eigenvalue weighted by molar-refractivity contribution is 5.77. The molecule has 116 valence electrons. The number of benzene rings is 1. The van der Waals surface area contributed by atoms with E-state index in [9.17, 15) is 4.79 Å². The number of hydrogen-bond donors (Lipinski definition) is 0. The van der Waals surface area contributed by atoms with E-state index in [-0.39, 0.29) is 18.6 Å². The largest absolute Gasteiger partial charge is 0.497 e. The topological polar surface area (TPSA) is 48.0 Å². The molecule has 0 bridgehead atoms. The van der Waals surface area contributed by atoms with Gasteiger partial charge >= 0.3 is 0 Å². The van der Waals surface area contributed by atoms with Gasteiger partial charge in [0.25, 0.3) is 0 Å². The number of nitrogens with zero attached hydrogens (tertiary/aromatic N) is 1. The highest BCUT2D eigenvalue weighted by atomic mass is 16.5. The van der Waals surface area contributed by atoms with E-state index in [1.165, 1.54) is 5.56 Å². The fourth-order valence-corrected chi connectivity index (χ4v) is 2.37. The Hall–Kier alpha value is -1.59. The van der Waals surface area contributed by atoms with Crippen LogP contribution in [0.2, 0.25) is 0 Å². The van der Waals surface area contributed by atoms with Crippen LogP contribution >= 0.6 is 0 Å². The number of carbonyl (C=O) groups is 1. The number of rotatable bonds is 6. The van der Waals surface area contributed by atoms with Gasteiger partial charge in [-0.3, -0.25) is 4.79 Å². The van der Waals surface area contributed by atoms with Crippen LogP contribution in [0.3, 0.4) is 0 Å². The number of carbonyl (C=O) groups excluding carboxylic acids is 1. The normalized spacial score (nSPS) is 18.6. The Morgan fingerprint density at radius 2 is 2.14 bits per heavy atom. The van der Waals surface area contributed by atoms with E-state index in [1.54, 1.807) is 7.11 Å². The maximum Gasteiger partial charge on any atom is 0.248 e. The summed E-state index contributed by atoms with van der Waals surface area (Å²) in [5, 5.41) is 0. The van der Waals surface area contributed by atoms with Gasteiger partial charge in [-0.2, -0.15) is 0 Å². The summed E-state index contributed by atoms with van der Waals surface area (Å²) in [6.07, 6.45) is 0.834. The lowest BCUT2D eigenvalue weighted by Gasteiger charge is -2.33. The van der Waals surface area contributed by atoms with E-state index < -0.39 is 0 Å². The molecule has 0 aromatic heterocycles. The molecule has 2 rings (SSSR count). The number of morpholine rings is 1. The molecule has 1 aromatic rings. The monoisotopic (exact) mass is 293 g/mol. The van der Waals surface area contributed by atoms with Crippen LogP contribution in [0.1, 0.15) is 12.5 Å². The third kappa shape index (κ3) is 4.72. The van der Waals surface area contributed by atoms with E-state index in [1.807, 2.05) is 36.1 Å². The smallest absolute Gasteiger partial charge is 0.248 e. The Morgan fingerprint density at radius 1 is 1.38 bits per heavy atom. The second kappa shape index (κ2) is 8.00. The molecule has 1 fully saturated rings. The zero-order valence-electron chi connectivity index (χ0n) is 12.7. The molecule has 5 heteroatoms. The van der Waals surface area contributed by atoms with Gasteiger partial charge in [-0.1, -0.05) is 12.1 Å². The molecule has 1 saturated heterocycles. The van der Waals surface area contributed by atoms with Crippen LogP contribution < -0.4 is 4.74 Å². The first-order valence-electron chi connectivity index (χ1n) is 7.33. The van der Waals surface area contributed by atoms with Gasteiger partial charge in [-0.05, 0) is 24.6 Å². The summed E-state index contributed by atoms with van der Waals surface area (Å²) < 4.78 is 16.1. The minimum Gasteiger partial charge on any atom is -0.497 e. The lowest BCUT2D eigenvalue weighted by Crippen LogP contribution is -2.47. The third-order valence-electron chi connectivity index (χ3n) is 3.54. The number of ether oxygens (including phenoxy) is 3. The fraction of sp³-hybridized carbons (Fsp3) is 0.562. The van der Waals surface area contributed by atoms with Crippen molar-refractivity contribution in [2.24, 2.45) is 0 Å². The van der Waals surface area contributed by atoms with E-state index in [0.717, 1.165) is 12.2 Å². The number of methoxy groups -OCH3 is 1. The first kappa shape index (κ1) is 15.8. The average Bonchev–Trinajstić information content (AvgIpc) is 2.53. The predicted molar refractivity (Wildman–Crippen MR) is 79.5 cm³/mol. The van der Waals surface area contributed by atoms with Gasteiger partial charge in [0.1, 0.15) is 12.4 Å². The molecule has 1 atom stereocenters. The Kier molecular flexibility index (Phi) is 6.02. The van der Waals surface area contributed by atoms with Crippen LogP contribution in [0.25, 0.3) is 0 Å².